The van der Waals surface area contributed by atoms with Gasteiger partial charge in [0.05, 0.1) is 11.8 Å². The lowest BCUT2D eigenvalue weighted by molar-refractivity contribution is -0.124. The molecule has 0 saturated heterocycles. The topological polar surface area (TPSA) is 112 Å². The second kappa shape index (κ2) is 8.99. The fourth-order valence-corrected chi connectivity index (χ4v) is 5.43. The van der Waals surface area contributed by atoms with Gasteiger partial charge in [-0.05, 0) is 55.0 Å². The van der Waals surface area contributed by atoms with Crippen LogP contribution in [0, 0.1) is 18.2 Å². The Balaban J connectivity index is 1.24. The number of ketones is 2. The first-order chi connectivity index (χ1) is 17.8. The molecule has 3 heterocycles. The van der Waals surface area contributed by atoms with Crippen molar-refractivity contribution >= 4 is 23.2 Å². The fraction of sp³-hybridized carbons (Fsp3) is 0.333. The third-order valence-corrected chi connectivity index (χ3v) is 7.57. The Morgan fingerprint density at radius 3 is 2.76 bits per heavy atom. The number of aromatic nitrogens is 4. The largest absolute Gasteiger partial charge is 0.353 e. The molecule has 1 saturated carbocycles. The molecule has 188 valence electrons. The molecule has 0 spiro atoms. The van der Waals surface area contributed by atoms with E-state index in [0.29, 0.717) is 36.3 Å². The lowest BCUT2D eigenvalue weighted by atomic mass is 9.86. The molecule has 1 aromatic carbocycles. The molecule has 3 aromatic heterocycles. The van der Waals surface area contributed by atoms with E-state index in [0.717, 1.165) is 24.1 Å². The van der Waals surface area contributed by atoms with Crippen LogP contribution in [-0.2, 0) is 11.2 Å². The molecule has 0 N–H and O–H groups in total. The van der Waals surface area contributed by atoms with Crippen molar-refractivity contribution < 1.29 is 23.0 Å². The fourth-order valence-electron chi connectivity index (χ4n) is 5.23. The normalized spacial score (nSPS) is 17.5. The summed E-state index contributed by atoms with van der Waals surface area (Å²) in [5.74, 6) is -0.0276. The van der Waals surface area contributed by atoms with Gasteiger partial charge in [0.15, 0.2) is 0 Å². The highest BCUT2D eigenvalue weighted by Crippen LogP contribution is 2.52. The van der Waals surface area contributed by atoms with E-state index < -0.39 is 11.2 Å². The third-order valence-electron chi connectivity index (χ3n) is 7.36. The van der Waals surface area contributed by atoms with Crippen molar-refractivity contribution in [3.05, 3.63) is 70.4 Å². The first-order valence-electron chi connectivity index (χ1n) is 12.1. The first-order valence-corrected chi connectivity index (χ1v) is 12.5. The van der Waals surface area contributed by atoms with Crippen LogP contribution in [-0.4, -0.2) is 31.8 Å². The molecule has 0 amide bonds. The van der Waals surface area contributed by atoms with Gasteiger partial charge in [0.25, 0.3) is 0 Å². The van der Waals surface area contributed by atoms with E-state index in [9.17, 15) is 14.0 Å². The Hall–Kier alpha value is -3.72. The van der Waals surface area contributed by atoms with Gasteiger partial charge in [-0.2, -0.15) is 4.98 Å². The number of halogens is 2. The average molecular weight is 521 g/mol. The summed E-state index contributed by atoms with van der Waals surface area (Å²) >= 11 is 6.18. The maximum Gasteiger partial charge on any atom is 0.223 e. The van der Waals surface area contributed by atoms with Gasteiger partial charge in [0.1, 0.15) is 11.6 Å². The summed E-state index contributed by atoms with van der Waals surface area (Å²) in [5, 5.41) is 7.71. The molecular weight excluding hydrogens is 499 g/mol. The molecule has 0 bridgehead atoms. The number of carbonyl (C=O) groups is 2. The van der Waals surface area contributed by atoms with Gasteiger partial charge < -0.3 is 9.05 Å². The maximum absolute atomic E-state index is 15.0. The predicted molar refractivity (Wildman–Crippen MR) is 130 cm³/mol. The van der Waals surface area contributed by atoms with Crippen LogP contribution in [0.25, 0.3) is 22.5 Å². The zero-order chi connectivity index (χ0) is 25.7. The number of hydrogen-bond acceptors (Lipinski definition) is 8. The monoisotopic (exact) mass is 520 g/mol. The first kappa shape index (κ1) is 23.7. The summed E-state index contributed by atoms with van der Waals surface area (Å²) in [6, 6.07) is 6.37. The molecule has 1 unspecified atom stereocenters. The zero-order valence-electron chi connectivity index (χ0n) is 20.0. The van der Waals surface area contributed by atoms with Crippen LogP contribution in [0.4, 0.5) is 4.39 Å². The number of fused-ring (bicyclic) bond motifs is 1. The van der Waals surface area contributed by atoms with Crippen LogP contribution in [0.2, 0.25) is 5.02 Å². The molecule has 37 heavy (non-hydrogen) atoms. The Kier molecular flexibility index (Phi) is 5.75. The second-order valence-corrected chi connectivity index (χ2v) is 10.3. The minimum Gasteiger partial charge on any atom is -0.353 e. The quantitative estimate of drug-likeness (QED) is 0.263. The van der Waals surface area contributed by atoms with Gasteiger partial charge in [-0.1, -0.05) is 21.9 Å². The highest BCUT2D eigenvalue weighted by molar-refractivity contribution is 6.31. The summed E-state index contributed by atoms with van der Waals surface area (Å²) < 4.78 is 25.0. The predicted octanol–water partition coefficient (Wildman–Crippen LogP) is 5.93. The molecule has 0 aliphatic heterocycles. The van der Waals surface area contributed by atoms with E-state index in [-0.39, 0.29) is 46.1 Å². The van der Waals surface area contributed by atoms with E-state index in [2.05, 4.69) is 15.3 Å². The lowest BCUT2D eigenvalue weighted by Gasteiger charge is -2.16. The summed E-state index contributed by atoms with van der Waals surface area (Å²) in [6.07, 6.45) is 6.51. The van der Waals surface area contributed by atoms with Crippen LogP contribution < -0.4 is 0 Å². The summed E-state index contributed by atoms with van der Waals surface area (Å²) in [7, 11) is 0. The van der Waals surface area contributed by atoms with Crippen LogP contribution in [0.15, 0.2) is 45.7 Å². The van der Waals surface area contributed by atoms with E-state index in [1.807, 2.05) is 6.07 Å². The van der Waals surface area contributed by atoms with Gasteiger partial charge in [-0.25, -0.2) is 4.39 Å². The van der Waals surface area contributed by atoms with E-state index in [1.165, 1.54) is 18.3 Å². The van der Waals surface area contributed by atoms with Crippen LogP contribution in [0.1, 0.15) is 65.7 Å². The highest BCUT2D eigenvalue weighted by Gasteiger charge is 2.51. The van der Waals surface area contributed by atoms with Crippen LogP contribution in [0.3, 0.4) is 0 Å². The highest BCUT2D eigenvalue weighted by atomic mass is 35.5. The van der Waals surface area contributed by atoms with Gasteiger partial charge in [0.2, 0.25) is 23.3 Å². The Morgan fingerprint density at radius 2 is 2.05 bits per heavy atom. The minimum atomic E-state index is -0.609. The van der Waals surface area contributed by atoms with Crippen LogP contribution >= 0.6 is 11.6 Å². The molecular formula is C27H22ClFN4O4. The average Bonchev–Trinajstić information content (AvgIpc) is 3.24. The number of pyridine rings is 1. The Bertz CT molecular complexity index is 1530. The van der Waals surface area contributed by atoms with Crippen molar-refractivity contribution in [2.45, 2.75) is 51.4 Å². The Labute approximate surface area is 216 Å². The van der Waals surface area contributed by atoms with E-state index in [4.69, 9.17) is 25.6 Å². The van der Waals surface area contributed by atoms with Gasteiger partial charge in [-0.15, -0.1) is 0 Å². The van der Waals surface area contributed by atoms with E-state index >= 15 is 0 Å². The number of rotatable bonds is 8. The van der Waals surface area contributed by atoms with Gasteiger partial charge in [-0.3, -0.25) is 14.6 Å². The molecule has 0 radical (unpaired) electrons. The smallest absolute Gasteiger partial charge is 0.223 e. The third kappa shape index (κ3) is 4.37. The SMILES string of the molecule is Cc1nc(-c2c(F)cc(Cl)cc2-c2cnc3c(c2)CCC3CC(=O)C2(CC(=O)c3ccno3)CC2)no1. The summed E-state index contributed by atoms with van der Waals surface area (Å²) in [6.45, 7) is 1.64. The minimum absolute atomic E-state index is 0.0233. The number of benzene rings is 1. The number of hydrogen-bond donors (Lipinski definition) is 0. The second-order valence-electron chi connectivity index (χ2n) is 9.84. The Morgan fingerprint density at radius 1 is 1.22 bits per heavy atom. The zero-order valence-corrected chi connectivity index (χ0v) is 20.7. The van der Waals surface area contributed by atoms with Crippen molar-refractivity contribution in [2.75, 3.05) is 0 Å². The molecule has 2 aliphatic rings. The molecule has 10 heteroatoms. The summed E-state index contributed by atoms with van der Waals surface area (Å²) in [5.41, 5.74) is 2.66. The van der Waals surface area contributed by atoms with Crippen LogP contribution in [0.5, 0.6) is 0 Å². The molecule has 8 nitrogen and oxygen atoms in total. The van der Waals surface area contributed by atoms with Crippen molar-refractivity contribution in [2.24, 2.45) is 5.41 Å². The molecule has 6 rings (SSSR count). The molecule has 2 aliphatic carbocycles. The lowest BCUT2D eigenvalue weighted by Crippen LogP contribution is -2.21. The van der Waals surface area contributed by atoms with Crippen molar-refractivity contribution in [3.8, 4) is 22.5 Å². The number of aryl methyl sites for hydroxylation is 2. The maximum atomic E-state index is 15.0. The number of nitrogens with zero attached hydrogens (tertiary/aromatic N) is 4. The van der Waals surface area contributed by atoms with Gasteiger partial charge in [0, 0.05) is 59.6 Å². The standard InChI is InChI=1S/C27H22ClFN4O4/c1-14-32-26(33-36-14)24-19(10-18(28)11-20(24)29)17-8-15-2-3-16(25(15)30-13-17)9-23(35)27(5-6-27)12-21(34)22-4-7-31-37-22/h4,7-8,10-11,13,16H,2-3,5-6,9,12H2,1H3. The molecule has 1 atom stereocenters. The molecule has 1 fully saturated rings. The van der Waals surface area contributed by atoms with Gasteiger partial charge >= 0.3 is 0 Å². The number of carbonyl (C=O) groups excluding carboxylic acids is 2. The van der Waals surface area contributed by atoms with Crippen molar-refractivity contribution in [1.82, 2.24) is 20.3 Å². The van der Waals surface area contributed by atoms with Crippen molar-refractivity contribution in [3.63, 3.8) is 0 Å². The van der Waals surface area contributed by atoms with E-state index in [1.54, 1.807) is 19.2 Å². The number of Topliss-reactive ketones (excluding diaryl/α,β-unsaturated/α-hetero) is 2. The molecule has 4 aromatic rings. The van der Waals surface area contributed by atoms with Crippen molar-refractivity contribution in [1.29, 1.82) is 0 Å². The summed E-state index contributed by atoms with van der Waals surface area (Å²) in [4.78, 5) is 34.7.